The molecule has 412 valence electrons. The van der Waals surface area contributed by atoms with Crippen LogP contribution >= 0.6 is 10.7 Å². The van der Waals surface area contributed by atoms with Crippen LogP contribution in [0.3, 0.4) is 0 Å². The van der Waals surface area contributed by atoms with E-state index in [2.05, 4.69) is 36.8 Å². The van der Waals surface area contributed by atoms with Gasteiger partial charge in [-0.05, 0) is 96.2 Å². The van der Waals surface area contributed by atoms with Gasteiger partial charge in [0.1, 0.15) is 47.0 Å². The van der Waals surface area contributed by atoms with Crippen LogP contribution in [0, 0.1) is 29.4 Å². The molecule has 0 spiro atoms. The molecule has 0 saturated heterocycles. The van der Waals surface area contributed by atoms with Gasteiger partial charge >= 0.3 is 29.6 Å². The molecule has 1 heterocycles. The summed E-state index contributed by atoms with van der Waals surface area (Å²) >= 11 is 0. The summed E-state index contributed by atoms with van der Waals surface area (Å²) in [4.78, 5) is 43.3. The Morgan fingerprint density at radius 2 is 1.03 bits per heavy atom. The van der Waals surface area contributed by atoms with Crippen molar-refractivity contribution in [2.45, 2.75) is 132 Å². The summed E-state index contributed by atoms with van der Waals surface area (Å²) in [5.74, 6) is 0.918. The number of benzene rings is 3. The normalized spacial score (nSPS) is 12.6. The van der Waals surface area contributed by atoms with Gasteiger partial charge in [0.25, 0.3) is 19.3 Å². The van der Waals surface area contributed by atoms with Crippen LogP contribution in [0.5, 0.6) is 17.2 Å². The molecule has 20 nitrogen and oxygen atoms in total. The van der Waals surface area contributed by atoms with Crippen LogP contribution in [-0.4, -0.2) is 73.7 Å². The van der Waals surface area contributed by atoms with Gasteiger partial charge in [0.2, 0.25) is 21.4 Å². The molecule has 0 saturated carbocycles. The molecule has 3 aromatic carbocycles. The predicted octanol–water partition coefficient (Wildman–Crippen LogP) is 5.83. The SMILES string of the molecule is CCCCC(=O)C(C)(C)COc1cccc2c1C(N)=NS(=O)(=O)C2.NS(=O)(=O)Cl.[C-]#[N+]c1c(CS(N)(=O)=O)cccc1OCC(C)(C)C(=O)CCCC.[C-]#[N+]c1c(N)cccc1OCC(C)(C)C(=O)CCCC.[Na+].[OH-]. The van der Waals surface area contributed by atoms with E-state index in [0.29, 0.717) is 58.8 Å². The molecule has 75 heavy (non-hydrogen) atoms. The number of halogens is 1. The first-order valence-electron chi connectivity index (χ1n) is 23.4. The third-order valence-corrected chi connectivity index (χ3v) is 12.8. The maximum atomic E-state index is 12.3. The van der Waals surface area contributed by atoms with E-state index in [4.69, 9.17) is 44.0 Å². The van der Waals surface area contributed by atoms with Gasteiger partial charge in [-0.25, -0.2) is 36.8 Å². The van der Waals surface area contributed by atoms with Crippen LogP contribution in [0.15, 0.2) is 59.0 Å². The van der Waals surface area contributed by atoms with Crippen molar-refractivity contribution in [3.05, 3.63) is 94.1 Å². The van der Waals surface area contributed by atoms with Crippen LogP contribution < -0.4 is 65.5 Å². The minimum absolute atomic E-state index is 0. The summed E-state index contributed by atoms with van der Waals surface area (Å²) in [6.45, 7) is 32.2. The second kappa shape index (κ2) is 32.8. The molecule has 9 N–H and O–H groups in total. The zero-order valence-corrected chi connectivity index (χ0v) is 49.9. The number of amidine groups is 1. The fourth-order valence-electron chi connectivity index (χ4n) is 6.50. The van der Waals surface area contributed by atoms with Crippen molar-refractivity contribution in [2.75, 3.05) is 25.6 Å². The molecular weight excluding hydrogens is 1060 g/mol. The van der Waals surface area contributed by atoms with E-state index in [1.165, 1.54) is 6.07 Å². The molecule has 0 atom stereocenters. The van der Waals surface area contributed by atoms with Crippen LogP contribution in [0.1, 0.15) is 137 Å². The van der Waals surface area contributed by atoms with Crippen molar-refractivity contribution < 1.29 is 88.9 Å². The number of carbonyl (C=O) groups is 3. The molecular formula is C50H73ClN7NaO13S3. The minimum Gasteiger partial charge on any atom is -0.870 e. The van der Waals surface area contributed by atoms with Crippen molar-refractivity contribution >= 4 is 80.2 Å². The molecule has 25 heteroatoms. The van der Waals surface area contributed by atoms with Crippen molar-refractivity contribution in [3.8, 4) is 17.2 Å². The summed E-state index contributed by atoms with van der Waals surface area (Å²) in [5, 5.41) is 9.15. The van der Waals surface area contributed by atoms with Gasteiger partial charge in [0.15, 0.2) is 0 Å². The Hall–Kier alpha value is -4.66. The maximum Gasteiger partial charge on any atom is 1.00 e. The molecule has 3 aromatic rings. The van der Waals surface area contributed by atoms with Gasteiger partial charge in [-0.15, -0.1) is 4.40 Å². The number of hydrogen-bond acceptors (Lipinski definition) is 15. The first kappa shape index (κ1) is 72.4. The summed E-state index contributed by atoms with van der Waals surface area (Å²) in [6, 6.07) is 15.0. The number of rotatable bonds is 23. The Balaban J connectivity index is 0. The summed E-state index contributed by atoms with van der Waals surface area (Å²) in [7, 11) is -6.74. The minimum atomic E-state index is -3.75. The number of nitrogens with two attached hydrogens (primary N) is 4. The number of fused-ring (bicyclic) bond motifs is 1. The standard InChI is InChI=1S/2C17H24N2O4S.C16H22N2O2.ClH2NO2S.Na.H2O/c1-4-5-9-14(20)17(2,3)11-23-13-8-6-7-12-10-24(21,22)19-16(18)15(12)13;1-5-6-10-15(20)17(2,3)12-23-14-9-7-8-13(16(14)19-4)11-24(18,21)22;1-5-6-10-14(19)16(2,3)11-20-13-9-7-8-12(17)15(13)18-4;1-5(2,3)4;;/h6-8H,4-5,9-11H2,1-3H3,(H2,18,19);7-9H,5-6,10-12H2,1-3H3,(H2,18,21,22);7-9H,5-6,10-11,17H2,1-3H3;(H2,2,3,4);;1H2/q;;;;+1;/p-1. The van der Waals surface area contributed by atoms with E-state index in [0.717, 1.165) is 38.5 Å². The third-order valence-electron chi connectivity index (χ3n) is 10.9. The van der Waals surface area contributed by atoms with E-state index in [9.17, 15) is 39.6 Å². The number of primary sulfonamides is 1. The maximum absolute atomic E-state index is 12.3. The monoisotopic (exact) mass is 1130 g/mol. The number of Topliss-reactive ketones (excluding diaryl/α,β-unsaturated/α-hetero) is 3. The van der Waals surface area contributed by atoms with Gasteiger partial charge in [0, 0.05) is 35.6 Å². The number of ketones is 3. The predicted molar refractivity (Wildman–Crippen MR) is 289 cm³/mol. The van der Waals surface area contributed by atoms with Crippen LogP contribution in [0.25, 0.3) is 9.69 Å². The number of nitrogens with zero attached hydrogens (tertiary/aromatic N) is 3. The van der Waals surface area contributed by atoms with E-state index in [1.807, 2.05) is 41.5 Å². The Labute approximate surface area is 471 Å². The molecule has 0 bridgehead atoms. The first-order valence-corrected chi connectivity index (χ1v) is 29.1. The molecule has 4 rings (SSSR count). The second-order valence-electron chi connectivity index (χ2n) is 19.1. The van der Waals surface area contributed by atoms with Gasteiger partial charge in [-0.1, -0.05) is 70.4 Å². The number of hydrogen-bond donors (Lipinski definition) is 4. The number of ether oxygens (including phenoxy) is 3. The van der Waals surface area contributed by atoms with Gasteiger partial charge in [-0.3, -0.25) is 14.4 Å². The zero-order valence-electron chi connectivity index (χ0n) is 44.7. The molecule has 0 aliphatic carbocycles. The van der Waals surface area contributed by atoms with Crippen molar-refractivity contribution in [3.63, 3.8) is 0 Å². The van der Waals surface area contributed by atoms with Gasteiger partial charge in [0.05, 0.1) is 59.7 Å². The Morgan fingerprint density at radius 3 is 1.41 bits per heavy atom. The van der Waals surface area contributed by atoms with Crippen molar-refractivity contribution in [2.24, 2.45) is 36.7 Å². The van der Waals surface area contributed by atoms with Crippen LogP contribution in [0.2, 0.25) is 0 Å². The smallest absolute Gasteiger partial charge is 0.870 e. The topological polar surface area (TPSA) is 336 Å². The van der Waals surface area contributed by atoms with Crippen LogP contribution in [-0.2, 0) is 55.2 Å². The van der Waals surface area contributed by atoms with E-state index >= 15 is 0 Å². The first-order chi connectivity index (χ1) is 33.7. The van der Waals surface area contributed by atoms with E-state index in [1.54, 1.807) is 62.4 Å². The Morgan fingerprint density at radius 1 is 0.667 bits per heavy atom. The number of para-hydroxylation sites is 2. The molecule has 0 aromatic heterocycles. The zero-order chi connectivity index (χ0) is 56.0. The number of nitrogen functional groups attached to an aromatic ring is 1. The molecule has 0 fully saturated rings. The molecule has 0 unspecified atom stereocenters. The number of carbonyl (C=O) groups excluding carboxylic acids is 3. The molecule has 0 radical (unpaired) electrons. The average Bonchev–Trinajstić information content (AvgIpc) is 3.28. The summed E-state index contributed by atoms with van der Waals surface area (Å²) in [6.07, 6.45) is 7.10. The fourth-order valence-corrected chi connectivity index (χ4v) is 8.25. The number of unbranched alkanes of at least 4 members (excludes halogenated alkanes) is 3. The van der Waals surface area contributed by atoms with E-state index in [-0.39, 0.29) is 95.2 Å². The van der Waals surface area contributed by atoms with Gasteiger partial charge in [-0.2, -0.15) is 8.42 Å². The summed E-state index contributed by atoms with van der Waals surface area (Å²) < 4.78 is 85.0. The fraction of sp³-hybridized carbons (Fsp3) is 0.520. The van der Waals surface area contributed by atoms with Crippen LogP contribution in [0.4, 0.5) is 17.1 Å². The quantitative estimate of drug-likeness (QED) is 0.0376. The average molecular weight is 1130 g/mol. The Bertz CT molecular complexity index is 2840. The number of anilines is 1. The number of sulfonamides is 2. The molecule has 1 aliphatic heterocycles. The molecule has 0 amide bonds. The van der Waals surface area contributed by atoms with Gasteiger partial charge < -0.3 is 31.2 Å². The summed E-state index contributed by atoms with van der Waals surface area (Å²) in [5.41, 5.74) is 11.9. The van der Waals surface area contributed by atoms with Crippen molar-refractivity contribution in [1.82, 2.24) is 0 Å². The molecule has 1 aliphatic rings. The van der Waals surface area contributed by atoms with E-state index < -0.39 is 51.3 Å². The largest absolute Gasteiger partial charge is 1.00 e. The second-order valence-corrected chi connectivity index (χ2v) is 24.5. The third kappa shape index (κ3) is 26.8. The van der Waals surface area contributed by atoms with Crippen molar-refractivity contribution in [1.29, 1.82) is 0 Å². The Kier molecular flexibility index (Phi) is 31.7.